The van der Waals surface area contributed by atoms with Gasteiger partial charge in [-0.3, -0.25) is 9.48 Å². The van der Waals surface area contributed by atoms with Gasteiger partial charge in [0.1, 0.15) is 17.2 Å². The third kappa shape index (κ3) is 4.20. The molecule has 0 radical (unpaired) electrons. The van der Waals surface area contributed by atoms with Crippen LogP contribution in [0.25, 0.3) is 28.0 Å². The number of para-hydroxylation sites is 1. The predicted octanol–water partition coefficient (Wildman–Crippen LogP) is 3.81. The largest absolute Gasteiger partial charge is 0.311 e. The van der Waals surface area contributed by atoms with Crippen LogP contribution in [0.3, 0.4) is 0 Å². The Morgan fingerprint density at radius 3 is 2.58 bits per heavy atom. The summed E-state index contributed by atoms with van der Waals surface area (Å²) in [4.78, 5) is 15.9. The minimum absolute atomic E-state index is 0.173. The van der Waals surface area contributed by atoms with Crippen LogP contribution in [0, 0.1) is 12.7 Å². The maximum absolute atomic E-state index is 13.5. The second-order valence-electron chi connectivity index (χ2n) is 7.86. The molecule has 5 rings (SSSR count). The monoisotopic (exact) mass is 442 g/mol. The lowest BCUT2D eigenvalue weighted by atomic mass is 10.1. The molecule has 0 aliphatic carbocycles. The van der Waals surface area contributed by atoms with E-state index in [2.05, 4.69) is 15.4 Å². The number of rotatable bonds is 7. The van der Waals surface area contributed by atoms with Gasteiger partial charge in [-0.25, -0.2) is 9.07 Å². The highest BCUT2D eigenvalue weighted by atomic mass is 19.1. The summed E-state index contributed by atoms with van der Waals surface area (Å²) in [5.74, 6) is -0.309. The zero-order valence-corrected chi connectivity index (χ0v) is 18.1. The fourth-order valence-electron chi connectivity index (χ4n) is 3.86. The van der Waals surface area contributed by atoms with Crippen molar-refractivity contribution in [2.24, 2.45) is 0 Å². The van der Waals surface area contributed by atoms with Gasteiger partial charge < -0.3 is 10.3 Å². The number of hydrogen-bond donors (Lipinski definition) is 2. The van der Waals surface area contributed by atoms with Crippen molar-refractivity contribution in [3.63, 3.8) is 0 Å². The number of hydrogen-bond acceptors (Lipinski definition) is 4. The summed E-state index contributed by atoms with van der Waals surface area (Å²) >= 11 is 0. The highest BCUT2D eigenvalue weighted by Crippen LogP contribution is 2.29. The highest BCUT2D eigenvalue weighted by molar-refractivity contribution is 5.92. The van der Waals surface area contributed by atoms with Crippen LogP contribution in [0.5, 0.6) is 0 Å². The third-order valence-corrected chi connectivity index (χ3v) is 5.63. The lowest BCUT2D eigenvalue weighted by molar-refractivity contribution is 0.544. The fourth-order valence-corrected chi connectivity index (χ4v) is 3.86. The van der Waals surface area contributed by atoms with Gasteiger partial charge in [0.2, 0.25) is 0 Å². The molecule has 0 aliphatic rings. The van der Waals surface area contributed by atoms with Crippen LogP contribution in [-0.4, -0.2) is 31.1 Å². The molecule has 0 saturated heterocycles. The van der Waals surface area contributed by atoms with Crippen molar-refractivity contribution < 1.29 is 4.39 Å². The lowest BCUT2D eigenvalue weighted by Gasteiger charge is -2.07. The summed E-state index contributed by atoms with van der Waals surface area (Å²) in [7, 11) is 0. The zero-order valence-electron chi connectivity index (χ0n) is 18.1. The van der Waals surface area contributed by atoms with Gasteiger partial charge in [0.05, 0.1) is 12.2 Å². The van der Waals surface area contributed by atoms with Crippen LogP contribution in [0.2, 0.25) is 0 Å². The first kappa shape index (κ1) is 20.8. The van der Waals surface area contributed by atoms with Gasteiger partial charge in [-0.15, -0.1) is 0 Å². The maximum atomic E-state index is 13.5. The molecule has 2 aromatic carbocycles. The van der Waals surface area contributed by atoms with Crippen molar-refractivity contribution in [1.82, 2.24) is 29.9 Å². The minimum Gasteiger partial charge on any atom is -0.311 e. The van der Waals surface area contributed by atoms with Crippen molar-refractivity contribution in [1.29, 1.82) is 0 Å². The van der Waals surface area contributed by atoms with Crippen LogP contribution in [0.1, 0.15) is 11.3 Å². The average molecular weight is 442 g/mol. The summed E-state index contributed by atoms with van der Waals surface area (Å²) in [6.07, 6.45) is 1.77. The van der Waals surface area contributed by atoms with E-state index >= 15 is 0 Å². The van der Waals surface area contributed by atoms with Gasteiger partial charge in [-0.05, 0) is 55.5 Å². The average Bonchev–Trinajstić information content (AvgIpc) is 3.41. The molecule has 0 fully saturated rings. The van der Waals surface area contributed by atoms with Crippen molar-refractivity contribution in [3.8, 4) is 16.9 Å². The van der Waals surface area contributed by atoms with Gasteiger partial charge in [-0.2, -0.15) is 10.2 Å². The van der Waals surface area contributed by atoms with Crippen LogP contribution in [0.15, 0.2) is 77.7 Å². The van der Waals surface area contributed by atoms with Gasteiger partial charge in [-0.1, -0.05) is 18.2 Å². The Bertz CT molecular complexity index is 1450. The molecule has 8 heteroatoms. The number of pyridine rings is 1. The van der Waals surface area contributed by atoms with E-state index in [1.807, 2.05) is 54.1 Å². The Morgan fingerprint density at radius 2 is 1.85 bits per heavy atom. The molecule has 5 aromatic rings. The molecular weight excluding hydrogens is 419 g/mol. The molecule has 0 bridgehead atoms. The number of H-pyrrole nitrogens is 1. The van der Waals surface area contributed by atoms with E-state index in [0.29, 0.717) is 36.5 Å². The number of nitrogens with one attached hydrogen (secondary N) is 2. The molecule has 33 heavy (non-hydrogen) atoms. The molecule has 0 atom stereocenters. The Morgan fingerprint density at radius 1 is 1.06 bits per heavy atom. The van der Waals surface area contributed by atoms with Crippen molar-refractivity contribution in [2.75, 3.05) is 6.54 Å². The summed E-state index contributed by atoms with van der Waals surface area (Å²) in [5, 5.41) is 13.2. The van der Waals surface area contributed by atoms with E-state index in [0.717, 1.165) is 22.3 Å². The normalized spacial score (nSPS) is 11.3. The van der Waals surface area contributed by atoms with E-state index in [9.17, 15) is 9.18 Å². The van der Waals surface area contributed by atoms with Crippen molar-refractivity contribution in [2.45, 2.75) is 20.0 Å². The van der Waals surface area contributed by atoms with E-state index < -0.39 is 0 Å². The number of benzene rings is 2. The molecule has 0 unspecified atom stereocenters. The first-order valence-corrected chi connectivity index (χ1v) is 10.8. The van der Waals surface area contributed by atoms with E-state index in [1.165, 1.54) is 12.1 Å². The van der Waals surface area contributed by atoms with Crippen LogP contribution >= 0.6 is 0 Å². The molecular formula is C25H23FN6O. The van der Waals surface area contributed by atoms with Crippen LogP contribution in [0.4, 0.5) is 4.39 Å². The highest BCUT2D eigenvalue weighted by Gasteiger charge is 2.16. The Hall–Kier alpha value is -4.04. The zero-order chi connectivity index (χ0) is 22.8. The van der Waals surface area contributed by atoms with E-state index in [-0.39, 0.29) is 11.4 Å². The first-order valence-electron chi connectivity index (χ1n) is 10.8. The summed E-state index contributed by atoms with van der Waals surface area (Å²) in [5.41, 5.74) is 4.40. The smallest absolute Gasteiger partial charge is 0.254 e. The summed E-state index contributed by atoms with van der Waals surface area (Å²) in [6.45, 7) is 3.80. The summed E-state index contributed by atoms with van der Waals surface area (Å²) in [6, 6.07) is 19.6. The summed E-state index contributed by atoms with van der Waals surface area (Å²) < 4.78 is 17.1. The van der Waals surface area contributed by atoms with E-state index in [1.54, 1.807) is 23.0 Å². The van der Waals surface area contributed by atoms with E-state index in [4.69, 9.17) is 5.10 Å². The predicted molar refractivity (Wildman–Crippen MR) is 126 cm³/mol. The molecule has 7 nitrogen and oxygen atoms in total. The van der Waals surface area contributed by atoms with Gasteiger partial charge in [0, 0.05) is 41.5 Å². The quantitative estimate of drug-likeness (QED) is 0.376. The van der Waals surface area contributed by atoms with Crippen molar-refractivity contribution in [3.05, 3.63) is 100 Å². The SMILES string of the molecule is Cc1ccnn1CCNCc1cc2c(-c3ccc(F)cc3)nn(-c3ccccc3)c2[nH]c1=O. The fraction of sp³-hybridized carbons (Fsp3) is 0.160. The number of aromatic nitrogens is 5. The van der Waals surface area contributed by atoms with Crippen molar-refractivity contribution >= 4 is 11.0 Å². The molecule has 166 valence electrons. The molecule has 3 heterocycles. The molecule has 2 N–H and O–H groups in total. The van der Waals surface area contributed by atoms with Gasteiger partial charge >= 0.3 is 0 Å². The Kier molecular flexibility index (Phi) is 5.58. The molecule has 0 aliphatic heterocycles. The minimum atomic E-state index is -0.309. The van der Waals surface area contributed by atoms with Gasteiger partial charge in [0.25, 0.3) is 5.56 Å². The van der Waals surface area contributed by atoms with Crippen LogP contribution < -0.4 is 10.9 Å². The number of fused-ring (bicyclic) bond motifs is 1. The van der Waals surface area contributed by atoms with Gasteiger partial charge in [0.15, 0.2) is 0 Å². The molecule has 0 saturated carbocycles. The lowest BCUT2D eigenvalue weighted by Crippen LogP contribution is -2.24. The topological polar surface area (TPSA) is 80.5 Å². The Balaban J connectivity index is 1.51. The molecule has 0 amide bonds. The maximum Gasteiger partial charge on any atom is 0.254 e. The molecule has 3 aromatic heterocycles. The second kappa shape index (κ2) is 8.84. The number of nitrogens with zero attached hydrogens (tertiary/aromatic N) is 4. The first-order chi connectivity index (χ1) is 16.1. The number of aromatic amines is 1. The number of aryl methyl sites for hydroxylation is 1. The second-order valence-corrected chi connectivity index (χ2v) is 7.86. The molecule has 0 spiro atoms. The number of halogens is 1. The Labute approximate surface area is 189 Å². The third-order valence-electron chi connectivity index (χ3n) is 5.63. The van der Waals surface area contributed by atoms with Crippen LogP contribution in [-0.2, 0) is 13.1 Å². The standard InChI is InChI=1S/C25H23FN6O/c1-17-11-12-28-31(17)14-13-27-16-19-15-22-23(18-7-9-20(26)10-8-18)30-32(24(22)29-25(19)33)21-5-3-2-4-6-21/h2-12,15,27H,13-14,16H2,1H3,(H,29,33).